The fourth-order valence-corrected chi connectivity index (χ4v) is 1.47. The Morgan fingerprint density at radius 3 is 2.79 bits per heavy atom. The van der Waals surface area contributed by atoms with Crippen molar-refractivity contribution >= 4 is 11.6 Å². The number of anilines is 1. The lowest BCUT2D eigenvalue weighted by atomic mass is 10.1. The Balaban J connectivity index is 2.50. The predicted octanol–water partition coefficient (Wildman–Crippen LogP) is 1.73. The Kier molecular flexibility index (Phi) is 5.62. The molecule has 0 saturated carbocycles. The lowest BCUT2D eigenvalue weighted by Gasteiger charge is -2.09. The fraction of sp³-hybridized carbons (Fsp3) is 0.417. The summed E-state index contributed by atoms with van der Waals surface area (Å²) in [5, 5.41) is 2.36. The molecule has 0 bridgehead atoms. The van der Waals surface area contributed by atoms with Crippen molar-refractivity contribution in [2.24, 2.45) is 0 Å². The fourth-order valence-electron chi connectivity index (χ4n) is 1.47. The van der Waals surface area contributed by atoms with Crippen LogP contribution in [0.3, 0.4) is 0 Å². The summed E-state index contributed by atoms with van der Waals surface area (Å²) >= 11 is 0. The lowest BCUT2D eigenvalue weighted by Crippen LogP contribution is -2.28. The number of nitrogen functional groups attached to an aromatic ring is 1. The molecule has 1 rings (SSSR count). The molecule has 0 aliphatic heterocycles. The number of amides is 1. The molecular formula is C12H15F3N2O2. The minimum atomic E-state index is -2.55. The van der Waals surface area contributed by atoms with Crippen LogP contribution in [0.1, 0.15) is 15.9 Å². The van der Waals surface area contributed by atoms with E-state index < -0.39 is 24.8 Å². The van der Waals surface area contributed by atoms with Gasteiger partial charge in [-0.3, -0.25) is 4.79 Å². The van der Waals surface area contributed by atoms with Crippen molar-refractivity contribution in [1.82, 2.24) is 5.32 Å². The molecule has 3 N–H and O–H groups in total. The molecule has 1 aromatic carbocycles. The van der Waals surface area contributed by atoms with Crippen LogP contribution >= 0.6 is 0 Å². The maximum Gasteiger partial charge on any atom is 0.261 e. The average molecular weight is 276 g/mol. The first-order valence-corrected chi connectivity index (χ1v) is 5.61. The Bertz CT molecular complexity index is 453. The Hall–Kier alpha value is -1.76. The van der Waals surface area contributed by atoms with Gasteiger partial charge in [-0.15, -0.1) is 0 Å². The Morgan fingerprint density at radius 1 is 1.47 bits per heavy atom. The zero-order valence-corrected chi connectivity index (χ0v) is 10.4. The molecule has 0 saturated heterocycles. The average Bonchev–Trinajstić information content (AvgIpc) is 2.32. The standard InChI is InChI=1S/C12H15F3N2O2/c1-7-4-8(16)5-9(11(7)15)12(18)17-2-3-19-6-10(13)14/h4-5,10H,2-3,6,16H2,1H3,(H,17,18). The van der Waals surface area contributed by atoms with Gasteiger partial charge in [0.15, 0.2) is 0 Å². The second-order valence-corrected chi connectivity index (χ2v) is 3.92. The van der Waals surface area contributed by atoms with Gasteiger partial charge in [-0.05, 0) is 24.6 Å². The van der Waals surface area contributed by atoms with Gasteiger partial charge < -0.3 is 15.8 Å². The minimum absolute atomic E-state index is 0.0127. The third kappa shape index (κ3) is 4.78. The monoisotopic (exact) mass is 276 g/mol. The Labute approximate surface area is 108 Å². The SMILES string of the molecule is Cc1cc(N)cc(C(=O)NCCOCC(F)F)c1F. The summed E-state index contributed by atoms with van der Waals surface area (Å²) < 4.78 is 41.7. The minimum Gasteiger partial charge on any atom is -0.399 e. The van der Waals surface area contributed by atoms with Gasteiger partial charge in [0, 0.05) is 12.2 Å². The molecule has 0 fully saturated rings. The van der Waals surface area contributed by atoms with Gasteiger partial charge in [0.25, 0.3) is 12.3 Å². The van der Waals surface area contributed by atoms with Gasteiger partial charge in [0.2, 0.25) is 0 Å². The smallest absolute Gasteiger partial charge is 0.261 e. The first-order valence-electron chi connectivity index (χ1n) is 5.61. The third-order valence-corrected chi connectivity index (χ3v) is 2.30. The molecule has 0 heterocycles. The highest BCUT2D eigenvalue weighted by Gasteiger charge is 2.14. The van der Waals surface area contributed by atoms with E-state index in [-0.39, 0.29) is 30.0 Å². The zero-order chi connectivity index (χ0) is 14.4. The van der Waals surface area contributed by atoms with E-state index in [0.29, 0.717) is 0 Å². The van der Waals surface area contributed by atoms with Gasteiger partial charge in [0.05, 0.1) is 12.2 Å². The molecule has 1 amide bonds. The van der Waals surface area contributed by atoms with E-state index in [1.807, 2.05) is 0 Å². The lowest BCUT2D eigenvalue weighted by molar-refractivity contribution is 0.0188. The van der Waals surface area contributed by atoms with Crippen LogP contribution in [0.4, 0.5) is 18.9 Å². The normalized spacial score (nSPS) is 10.8. The molecule has 0 radical (unpaired) electrons. The molecule has 0 atom stereocenters. The van der Waals surface area contributed by atoms with Crippen LogP contribution in [0, 0.1) is 12.7 Å². The van der Waals surface area contributed by atoms with Crippen LogP contribution in [-0.4, -0.2) is 32.1 Å². The molecule has 106 valence electrons. The van der Waals surface area contributed by atoms with E-state index >= 15 is 0 Å². The number of carbonyl (C=O) groups excluding carboxylic acids is 1. The molecule has 0 aliphatic rings. The van der Waals surface area contributed by atoms with Gasteiger partial charge in [-0.1, -0.05) is 0 Å². The number of aryl methyl sites for hydroxylation is 1. The van der Waals surface area contributed by atoms with Crippen molar-refractivity contribution in [3.63, 3.8) is 0 Å². The number of carbonyl (C=O) groups is 1. The molecule has 19 heavy (non-hydrogen) atoms. The number of nitrogens with one attached hydrogen (secondary N) is 1. The maximum atomic E-state index is 13.7. The largest absolute Gasteiger partial charge is 0.399 e. The van der Waals surface area contributed by atoms with Gasteiger partial charge in [-0.2, -0.15) is 0 Å². The number of hydrogen-bond donors (Lipinski definition) is 2. The summed E-state index contributed by atoms with van der Waals surface area (Å²) in [5.74, 6) is -1.31. The van der Waals surface area contributed by atoms with Gasteiger partial charge >= 0.3 is 0 Å². The van der Waals surface area contributed by atoms with E-state index in [2.05, 4.69) is 10.1 Å². The van der Waals surface area contributed by atoms with Crippen LogP contribution in [0.2, 0.25) is 0 Å². The second-order valence-electron chi connectivity index (χ2n) is 3.92. The number of rotatable bonds is 6. The van der Waals surface area contributed by atoms with Crippen molar-refractivity contribution < 1.29 is 22.7 Å². The van der Waals surface area contributed by atoms with E-state index in [9.17, 15) is 18.0 Å². The molecule has 0 spiro atoms. The highest BCUT2D eigenvalue weighted by Crippen LogP contribution is 2.16. The number of nitrogens with two attached hydrogens (primary N) is 1. The summed E-state index contributed by atoms with van der Waals surface area (Å²) in [7, 11) is 0. The van der Waals surface area contributed by atoms with Crippen molar-refractivity contribution in [3.8, 4) is 0 Å². The number of alkyl halides is 2. The first kappa shape index (κ1) is 15.3. The maximum absolute atomic E-state index is 13.7. The van der Waals surface area contributed by atoms with Crippen LogP contribution in [-0.2, 0) is 4.74 Å². The van der Waals surface area contributed by atoms with E-state index in [0.717, 1.165) is 0 Å². The summed E-state index contributed by atoms with van der Waals surface area (Å²) in [6.45, 7) is 0.744. The highest BCUT2D eigenvalue weighted by molar-refractivity contribution is 5.95. The second kappa shape index (κ2) is 6.98. The molecule has 0 unspecified atom stereocenters. The number of ether oxygens (including phenoxy) is 1. The predicted molar refractivity (Wildman–Crippen MR) is 64.7 cm³/mol. The molecule has 1 aromatic rings. The van der Waals surface area contributed by atoms with Crippen molar-refractivity contribution in [2.75, 3.05) is 25.5 Å². The van der Waals surface area contributed by atoms with Crippen molar-refractivity contribution in [2.45, 2.75) is 13.3 Å². The van der Waals surface area contributed by atoms with Gasteiger partial charge in [0.1, 0.15) is 12.4 Å². The van der Waals surface area contributed by atoms with Gasteiger partial charge in [-0.25, -0.2) is 13.2 Å². The zero-order valence-electron chi connectivity index (χ0n) is 10.4. The summed E-state index contributed by atoms with van der Waals surface area (Å²) in [5.41, 5.74) is 5.89. The summed E-state index contributed by atoms with van der Waals surface area (Å²) in [6.07, 6.45) is -2.55. The summed E-state index contributed by atoms with van der Waals surface area (Å²) in [4.78, 5) is 11.7. The molecule has 0 aromatic heterocycles. The number of halogens is 3. The molecular weight excluding hydrogens is 261 g/mol. The van der Waals surface area contributed by atoms with Crippen LogP contribution in [0.15, 0.2) is 12.1 Å². The number of hydrogen-bond acceptors (Lipinski definition) is 3. The third-order valence-electron chi connectivity index (χ3n) is 2.30. The van der Waals surface area contributed by atoms with Crippen molar-refractivity contribution in [1.29, 1.82) is 0 Å². The van der Waals surface area contributed by atoms with Crippen LogP contribution < -0.4 is 11.1 Å². The molecule has 4 nitrogen and oxygen atoms in total. The highest BCUT2D eigenvalue weighted by atomic mass is 19.3. The topological polar surface area (TPSA) is 64.4 Å². The first-order chi connectivity index (χ1) is 8.91. The Morgan fingerprint density at radius 2 is 2.16 bits per heavy atom. The van der Waals surface area contributed by atoms with E-state index in [1.165, 1.54) is 19.1 Å². The quantitative estimate of drug-likeness (QED) is 0.614. The number of benzene rings is 1. The van der Waals surface area contributed by atoms with E-state index in [4.69, 9.17) is 5.73 Å². The molecule has 0 aliphatic carbocycles. The van der Waals surface area contributed by atoms with Crippen molar-refractivity contribution in [3.05, 3.63) is 29.1 Å². The van der Waals surface area contributed by atoms with Crippen LogP contribution in [0.5, 0.6) is 0 Å². The molecule has 7 heteroatoms. The van der Waals surface area contributed by atoms with Crippen LogP contribution in [0.25, 0.3) is 0 Å². The van der Waals surface area contributed by atoms with E-state index in [1.54, 1.807) is 0 Å². The summed E-state index contributed by atoms with van der Waals surface area (Å²) in [6, 6.07) is 2.63.